The smallest absolute Gasteiger partial charge is 0.347 e. The van der Waals surface area contributed by atoms with Gasteiger partial charge in [-0.05, 0) is 31.2 Å². The molecule has 0 saturated carbocycles. The minimum atomic E-state index is -4.31. The van der Waals surface area contributed by atoms with Gasteiger partial charge in [0.15, 0.2) is 0 Å². The van der Waals surface area contributed by atoms with Crippen molar-refractivity contribution in [2.45, 2.75) is 31.6 Å². The summed E-state index contributed by atoms with van der Waals surface area (Å²) in [5.74, 6) is -1.28. The van der Waals surface area contributed by atoms with Crippen LogP contribution < -0.4 is 5.32 Å². The molecule has 0 unspecified atom stereocenters. The lowest BCUT2D eigenvalue weighted by molar-refractivity contribution is -0.131. The predicted molar refractivity (Wildman–Crippen MR) is 93.8 cm³/mol. The molecule has 0 radical (unpaired) electrons. The molecule has 2 atom stereocenters. The quantitative estimate of drug-likeness (QED) is 0.739. The van der Waals surface area contributed by atoms with Gasteiger partial charge in [-0.15, -0.1) is 0 Å². The molecule has 2 aromatic rings. The maximum absolute atomic E-state index is 12.7. The Hall–Kier alpha value is -1.88. The molecule has 1 amide bonds. The van der Waals surface area contributed by atoms with E-state index in [0.717, 1.165) is 16.5 Å². The SMILES string of the molecule is C[C@H](Nc1cccc2ccccc12)C(=O)N1CCC[C@H]1P(=O)(O)O. The highest BCUT2D eigenvalue weighted by molar-refractivity contribution is 7.52. The molecule has 2 aromatic carbocycles. The van der Waals surface area contributed by atoms with E-state index in [1.165, 1.54) is 4.90 Å². The molecule has 3 rings (SSSR count). The van der Waals surface area contributed by atoms with Crippen LogP contribution in [0, 0.1) is 0 Å². The van der Waals surface area contributed by atoms with E-state index >= 15 is 0 Å². The molecular formula is C17H21N2O4P. The fourth-order valence-corrected chi connectivity index (χ4v) is 4.36. The Morgan fingerprint density at radius 1 is 1.25 bits per heavy atom. The average Bonchev–Trinajstić information content (AvgIpc) is 3.04. The Kier molecular flexibility index (Phi) is 4.63. The second kappa shape index (κ2) is 6.55. The summed E-state index contributed by atoms with van der Waals surface area (Å²) in [7, 11) is -4.31. The zero-order chi connectivity index (χ0) is 17.3. The second-order valence-electron chi connectivity index (χ2n) is 6.14. The lowest BCUT2D eigenvalue weighted by atomic mass is 10.1. The first-order valence-electron chi connectivity index (χ1n) is 7.98. The van der Waals surface area contributed by atoms with Crippen molar-refractivity contribution in [1.29, 1.82) is 0 Å². The van der Waals surface area contributed by atoms with E-state index in [9.17, 15) is 19.1 Å². The Morgan fingerprint density at radius 3 is 2.71 bits per heavy atom. The first kappa shape index (κ1) is 17.0. The molecule has 0 spiro atoms. The third-order valence-electron chi connectivity index (χ3n) is 4.42. The van der Waals surface area contributed by atoms with Crippen LogP contribution in [-0.2, 0) is 9.36 Å². The molecular weight excluding hydrogens is 327 g/mol. The number of hydrogen-bond acceptors (Lipinski definition) is 3. The summed E-state index contributed by atoms with van der Waals surface area (Å²) in [4.78, 5) is 32.9. The fraction of sp³-hybridized carbons (Fsp3) is 0.353. The standard InChI is InChI=1S/C17H21N2O4P/c1-12(17(20)19-11-5-10-16(19)24(21,22)23)18-15-9-4-7-13-6-2-3-8-14(13)15/h2-4,6-9,12,16,18H,5,10-11H2,1H3,(H2,21,22,23)/t12-,16+/m0/s1. The van der Waals surface area contributed by atoms with Gasteiger partial charge in [-0.1, -0.05) is 36.4 Å². The van der Waals surface area contributed by atoms with E-state index in [1.807, 2.05) is 42.5 Å². The summed E-state index contributed by atoms with van der Waals surface area (Å²) in [6, 6.07) is 13.1. The Labute approximate surface area is 140 Å². The molecule has 1 fully saturated rings. The van der Waals surface area contributed by atoms with E-state index in [0.29, 0.717) is 19.4 Å². The number of amides is 1. The van der Waals surface area contributed by atoms with E-state index < -0.39 is 19.4 Å². The number of carbonyl (C=O) groups is 1. The van der Waals surface area contributed by atoms with Crippen LogP contribution in [0.15, 0.2) is 42.5 Å². The van der Waals surface area contributed by atoms with Gasteiger partial charge in [-0.25, -0.2) is 0 Å². The van der Waals surface area contributed by atoms with Crippen molar-refractivity contribution in [1.82, 2.24) is 4.90 Å². The summed E-state index contributed by atoms with van der Waals surface area (Å²) in [5, 5.41) is 5.26. The molecule has 0 aliphatic carbocycles. The van der Waals surface area contributed by atoms with Crippen LogP contribution in [0.5, 0.6) is 0 Å². The number of benzene rings is 2. The highest BCUT2D eigenvalue weighted by Gasteiger charge is 2.41. The van der Waals surface area contributed by atoms with E-state index in [4.69, 9.17) is 0 Å². The van der Waals surface area contributed by atoms with Crippen LogP contribution in [-0.4, -0.2) is 39.0 Å². The molecule has 1 aliphatic heterocycles. The summed E-state index contributed by atoms with van der Waals surface area (Å²) in [6.45, 7) is 2.11. The molecule has 7 heteroatoms. The van der Waals surface area contributed by atoms with Gasteiger partial charge in [-0.3, -0.25) is 9.36 Å². The molecule has 24 heavy (non-hydrogen) atoms. The first-order chi connectivity index (χ1) is 11.4. The molecule has 1 heterocycles. The number of anilines is 1. The van der Waals surface area contributed by atoms with Crippen LogP contribution in [0.4, 0.5) is 5.69 Å². The number of fused-ring (bicyclic) bond motifs is 1. The average molecular weight is 348 g/mol. The summed E-state index contributed by atoms with van der Waals surface area (Å²) < 4.78 is 11.6. The molecule has 0 aromatic heterocycles. The summed E-state index contributed by atoms with van der Waals surface area (Å²) >= 11 is 0. The maximum Gasteiger partial charge on any atom is 0.347 e. The second-order valence-corrected chi connectivity index (χ2v) is 7.91. The third kappa shape index (κ3) is 3.31. The molecule has 128 valence electrons. The van der Waals surface area contributed by atoms with Crippen molar-refractivity contribution in [3.63, 3.8) is 0 Å². The minimum absolute atomic E-state index is 0.284. The van der Waals surface area contributed by atoms with Crippen molar-refractivity contribution < 1.29 is 19.1 Å². The highest BCUT2D eigenvalue weighted by Crippen LogP contribution is 2.48. The van der Waals surface area contributed by atoms with Gasteiger partial charge in [0.1, 0.15) is 11.8 Å². The van der Waals surface area contributed by atoms with Crippen molar-refractivity contribution in [3.8, 4) is 0 Å². The van der Waals surface area contributed by atoms with Crippen molar-refractivity contribution in [3.05, 3.63) is 42.5 Å². The number of nitrogens with zero attached hydrogens (tertiary/aromatic N) is 1. The number of rotatable bonds is 4. The van der Waals surface area contributed by atoms with Gasteiger partial charge < -0.3 is 20.0 Å². The minimum Gasteiger partial charge on any atom is -0.373 e. The largest absolute Gasteiger partial charge is 0.373 e. The third-order valence-corrected chi connectivity index (χ3v) is 5.74. The van der Waals surface area contributed by atoms with Gasteiger partial charge >= 0.3 is 7.60 Å². The van der Waals surface area contributed by atoms with Gasteiger partial charge in [0.25, 0.3) is 0 Å². The van der Waals surface area contributed by atoms with Gasteiger partial charge in [0.2, 0.25) is 5.91 Å². The monoisotopic (exact) mass is 348 g/mol. The molecule has 0 bridgehead atoms. The normalized spacial score (nSPS) is 19.5. The first-order valence-corrected chi connectivity index (χ1v) is 9.66. The van der Waals surface area contributed by atoms with Crippen molar-refractivity contribution in [2.24, 2.45) is 0 Å². The molecule has 3 N–H and O–H groups in total. The molecule has 6 nitrogen and oxygen atoms in total. The molecule has 1 saturated heterocycles. The van der Waals surface area contributed by atoms with Gasteiger partial charge in [0, 0.05) is 17.6 Å². The van der Waals surface area contributed by atoms with Crippen LogP contribution in [0.1, 0.15) is 19.8 Å². The highest BCUT2D eigenvalue weighted by atomic mass is 31.2. The Balaban J connectivity index is 1.80. The lowest BCUT2D eigenvalue weighted by Crippen LogP contribution is -2.43. The van der Waals surface area contributed by atoms with Gasteiger partial charge in [0.05, 0.1) is 0 Å². The van der Waals surface area contributed by atoms with Crippen LogP contribution in [0.2, 0.25) is 0 Å². The summed E-state index contributed by atoms with van der Waals surface area (Å²) in [6.07, 6.45) is 0.958. The zero-order valence-electron chi connectivity index (χ0n) is 13.4. The van der Waals surface area contributed by atoms with E-state index in [1.54, 1.807) is 6.92 Å². The van der Waals surface area contributed by atoms with E-state index in [2.05, 4.69) is 5.32 Å². The Bertz CT molecular complexity index is 799. The predicted octanol–water partition coefficient (Wildman–Crippen LogP) is 2.77. The van der Waals surface area contributed by atoms with E-state index in [-0.39, 0.29) is 5.91 Å². The van der Waals surface area contributed by atoms with Crippen molar-refractivity contribution >= 4 is 30.0 Å². The summed E-state index contributed by atoms with van der Waals surface area (Å²) in [5.41, 5.74) is 0.834. The number of nitrogens with one attached hydrogen (secondary N) is 1. The van der Waals surface area contributed by atoms with Crippen LogP contribution in [0.3, 0.4) is 0 Å². The Morgan fingerprint density at radius 2 is 1.96 bits per heavy atom. The van der Waals surface area contributed by atoms with Gasteiger partial charge in [-0.2, -0.15) is 0 Å². The zero-order valence-corrected chi connectivity index (χ0v) is 14.3. The topological polar surface area (TPSA) is 89.9 Å². The number of carbonyl (C=O) groups excluding carboxylic acids is 1. The fourth-order valence-electron chi connectivity index (χ4n) is 3.25. The van der Waals surface area contributed by atoms with Crippen LogP contribution >= 0.6 is 7.60 Å². The lowest BCUT2D eigenvalue weighted by Gasteiger charge is -2.28. The maximum atomic E-state index is 12.7. The number of hydrogen-bond donors (Lipinski definition) is 3. The molecule has 1 aliphatic rings. The van der Waals surface area contributed by atoms with Crippen molar-refractivity contribution in [2.75, 3.05) is 11.9 Å². The van der Waals surface area contributed by atoms with Crippen LogP contribution in [0.25, 0.3) is 10.8 Å². The number of likely N-dealkylation sites (tertiary alicyclic amines) is 1.